The number of hydrogen-bond donors (Lipinski definition) is 3. The number of amides is 1. The largest absolute Gasteiger partial charge is 0.391 e. The van der Waals surface area contributed by atoms with Gasteiger partial charge in [-0.3, -0.25) is 4.79 Å². The monoisotopic (exact) mass is 468 g/mol. The van der Waals surface area contributed by atoms with Gasteiger partial charge in [0, 0.05) is 30.8 Å². The van der Waals surface area contributed by atoms with Crippen molar-refractivity contribution in [3.8, 4) is 22.6 Å². The van der Waals surface area contributed by atoms with Gasteiger partial charge >= 0.3 is 5.79 Å². The Labute approximate surface area is 194 Å². The van der Waals surface area contributed by atoms with Gasteiger partial charge in [-0.2, -0.15) is 0 Å². The normalized spacial score (nSPS) is 25.0. The molecule has 0 aliphatic carbocycles. The molecular formula is C23H25FN6O4. The van der Waals surface area contributed by atoms with Crippen molar-refractivity contribution in [1.82, 2.24) is 24.8 Å². The van der Waals surface area contributed by atoms with Crippen LogP contribution in [-0.4, -0.2) is 68.3 Å². The number of nitrogens with two attached hydrogens (primary N) is 1. The van der Waals surface area contributed by atoms with Gasteiger partial charge in [0.2, 0.25) is 5.95 Å². The van der Waals surface area contributed by atoms with E-state index in [1.165, 1.54) is 23.2 Å². The number of rotatable bonds is 4. The highest BCUT2D eigenvalue weighted by Gasteiger charge is 2.52. The topological polar surface area (TPSA) is 139 Å². The number of imidazole rings is 1. The number of nitrogens with one attached hydrogen (secondary N) is 1. The quantitative estimate of drug-likeness (QED) is 0.526. The first-order chi connectivity index (χ1) is 16.4. The number of H-pyrrole nitrogens is 1. The van der Waals surface area contributed by atoms with E-state index in [-0.39, 0.29) is 43.3 Å². The molecule has 34 heavy (non-hydrogen) atoms. The Morgan fingerprint density at radius 3 is 2.62 bits per heavy atom. The van der Waals surface area contributed by atoms with Crippen LogP contribution >= 0.6 is 0 Å². The van der Waals surface area contributed by atoms with Gasteiger partial charge in [0.1, 0.15) is 5.82 Å². The lowest BCUT2D eigenvalue weighted by Gasteiger charge is -2.38. The van der Waals surface area contributed by atoms with Gasteiger partial charge in [0.25, 0.3) is 5.91 Å². The van der Waals surface area contributed by atoms with Gasteiger partial charge in [-0.1, -0.05) is 6.92 Å². The molecular weight excluding hydrogens is 443 g/mol. The predicted octanol–water partition coefficient (Wildman–Crippen LogP) is 1.68. The second kappa shape index (κ2) is 8.75. The van der Waals surface area contributed by atoms with Crippen molar-refractivity contribution in [2.75, 3.05) is 32.0 Å². The van der Waals surface area contributed by atoms with Crippen LogP contribution in [0.25, 0.3) is 22.6 Å². The summed E-state index contributed by atoms with van der Waals surface area (Å²) < 4.78 is 25.7. The summed E-state index contributed by atoms with van der Waals surface area (Å²) in [6.45, 7) is 3.08. The lowest BCUT2D eigenvalue weighted by Crippen LogP contribution is -2.54. The number of aromatic nitrogens is 4. The minimum Gasteiger partial charge on any atom is -0.391 e. The number of hydrogen-bond acceptors (Lipinski definition) is 8. The number of carbonyl (C=O) groups is 1. The van der Waals surface area contributed by atoms with E-state index in [0.717, 1.165) is 0 Å². The number of halogens is 1. The van der Waals surface area contributed by atoms with E-state index in [1.54, 1.807) is 18.2 Å². The molecule has 11 heteroatoms. The number of anilines is 1. The van der Waals surface area contributed by atoms with E-state index < -0.39 is 17.8 Å². The van der Waals surface area contributed by atoms with E-state index in [2.05, 4.69) is 15.0 Å². The molecule has 1 aromatic carbocycles. The molecule has 5 rings (SSSR count). The SMILES string of the molecule is CC1COC(C(=O)N2CCC(O)C2)(c2nc(-c3ccc(F)cc3)c(-c3ccnc(N)n3)[nH]2)OC1. The van der Waals surface area contributed by atoms with Crippen LogP contribution in [0.1, 0.15) is 19.2 Å². The fourth-order valence-corrected chi connectivity index (χ4v) is 4.15. The summed E-state index contributed by atoms with van der Waals surface area (Å²) >= 11 is 0. The Morgan fingerprint density at radius 1 is 1.24 bits per heavy atom. The summed E-state index contributed by atoms with van der Waals surface area (Å²) in [6, 6.07) is 7.46. The number of likely N-dealkylation sites (tertiary alicyclic amines) is 1. The first-order valence-electron chi connectivity index (χ1n) is 11.1. The third-order valence-corrected chi connectivity index (χ3v) is 5.94. The van der Waals surface area contributed by atoms with Gasteiger partial charge in [0.05, 0.1) is 36.4 Å². The molecule has 4 N–H and O–H groups in total. The molecule has 2 aliphatic rings. The predicted molar refractivity (Wildman–Crippen MR) is 119 cm³/mol. The molecule has 178 valence electrons. The first kappa shape index (κ1) is 22.4. The van der Waals surface area contributed by atoms with Gasteiger partial charge in [-0.25, -0.2) is 19.3 Å². The standard InChI is InChI=1S/C23H25FN6O4/c1-13-11-33-23(34-12-13,21(32)30-9-7-16(31)10-30)20-28-18(14-2-4-15(24)5-3-14)19(29-20)17-6-8-26-22(25)27-17/h2-6,8,13,16,31H,7,9-12H2,1H3,(H,28,29)(H2,25,26,27). The number of aliphatic hydroxyl groups excluding tert-OH is 1. The Hall–Kier alpha value is -3.41. The molecule has 1 atom stereocenters. The molecule has 0 radical (unpaired) electrons. The molecule has 10 nitrogen and oxygen atoms in total. The molecule has 0 bridgehead atoms. The maximum absolute atomic E-state index is 13.7. The molecule has 4 heterocycles. The van der Waals surface area contributed by atoms with Crippen LogP contribution in [0.2, 0.25) is 0 Å². The minimum atomic E-state index is -1.82. The Morgan fingerprint density at radius 2 is 1.97 bits per heavy atom. The van der Waals surface area contributed by atoms with E-state index in [1.807, 2.05) is 6.92 Å². The van der Waals surface area contributed by atoms with Gasteiger partial charge < -0.3 is 30.2 Å². The third kappa shape index (κ3) is 4.02. The number of ether oxygens (including phenoxy) is 2. The molecule has 2 saturated heterocycles. The number of aliphatic hydroxyl groups is 1. The molecule has 0 spiro atoms. The van der Waals surface area contributed by atoms with Crippen molar-refractivity contribution >= 4 is 11.9 Å². The number of nitrogens with zero attached hydrogens (tertiary/aromatic N) is 4. The van der Waals surface area contributed by atoms with Crippen molar-refractivity contribution in [3.63, 3.8) is 0 Å². The highest BCUT2D eigenvalue weighted by atomic mass is 19.1. The highest BCUT2D eigenvalue weighted by molar-refractivity contribution is 5.86. The van der Waals surface area contributed by atoms with Crippen molar-refractivity contribution in [3.05, 3.63) is 48.2 Å². The summed E-state index contributed by atoms with van der Waals surface area (Å²) in [4.78, 5) is 31.3. The number of benzene rings is 1. The van der Waals surface area contributed by atoms with Gasteiger partial charge in [-0.05, 0) is 36.8 Å². The summed E-state index contributed by atoms with van der Waals surface area (Å²) in [7, 11) is 0. The number of aromatic amines is 1. The van der Waals surface area contributed by atoms with E-state index >= 15 is 0 Å². The zero-order chi connectivity index (χ0) is 23.9. The molecule has 1 unspecified atom stereocenters. The Bertz CT molecular complexity index is 1190. The summed E-state index contributed by atoms with van der Waals surface area (Å²) in [5.74, 6) is -2.37. The van der Waals surface area contributed by atoms with E-state index in [4.69, 9.17) is 20.2 Å². The number of carbonyl (C=O) groups excluding carboxylic acids is 1. The zero-order valence-electron chi connectivity index (χ0n) is 18.6. The average Bonchev–Trinajstić information content (AvgIpc) is 3.47. The number of nitrogen functional groups attached to an aromatic ring is 1. The second-order valence-electron chi connectivity index (χ2n) is 8.65. The lowest BCUT2D eigenvalue weighted by molar-refractivity contribution is -0.283. The van der Waals surface area contributed by atoms with Gasteiger partial charge in [-0.15, -0.1) is 0 Å². The fraction of sp³-hybridized carbons (Fsp3) is 0.391. The summed E-state index contributed by atoms with van der Waals surface area (Å²) in [5, 5.41) is 9.98. The summed E-state index contributed by atoms with van der Waals surface area (Å²) in [5.41, 5.74) is 7.71. The molecule has 0 saturated carbocycles. The molecule has 1 amide bonds. The van der Waals surface area contributed by atoms with E-state index in [9.17, 15) is 14.3 Å². The third-order valence-electron chi connectivity index (χ3n) is 5.94. The second-order valence-corrected chi connectivity index (χ2v) is 8.65. The highest BCUT2D eigenvalue weighted by Crippen LogP contribution is 2.38. The molecule has 2 aromatic heterocycles. The first-order valence-corrected chi connectivity index (χ1v) is 11.1. The summed E-state index contributed by atoms with van der Waals surface area (Å²) in [6.07, 6.45) is 1.38. The van der Waals surface area contributed by atoms with Crippen LogP contribution in [-0.2, 0) is 20.1 Å². The minimum absolute atomic E-state index is 0.0644. The Balaban J connectivity index is 1.65. The smallest absolute Gasteiger partial charge is 0.310 e. The van der Waals surface area contributed by atoms with Crippen molar-refractivity contribution in [2.24, 2.45) is 5.92 Å². The molecule has 2 fully saturated rings. The Kier molecular flexibility index (Phi) is 5.76. The van der Waals surface area contributed by atoms with E-state index in [0.29, 0.717) is 35.6 Å². The maximum Gasteiger partial charge on any atom is 0.310 e. The zero-order valence-corrected chi connectivity index (χ0v) is 18.6. The van der Waals surface area contributed by atoms with Crippen LogP contribution in [0.5, 0.6) is 0 Å². The van der Waals surface area contributed by atoms with Crippen LogP contribution in [0.15, 0.2) is 36.5 Å². The van der Waals surface area contributed by atoms with Crippen LogP contribution < -0.4 is 5.73 Å². The maximum atomic E-state index is 13.7. The fourth-order valence-electron chi connectivity index (χ4n) is 4.15. The molecule has 3 aromatic rings. The van der Waals surface area contributed by atoms with Crippen molar-refractivity contribution in [1.29, 1.82) is 0 Å². The van der Waals surface area contributed by atoms with Crippen LogP contribution in [0.3, 0.4) is 0 Å². The van der Waals surface area contributed by atoms with Crippen LogP contribution in [0, 0.1) is 11.7 Å². The van der Waals surface area contributed by atoms with Gasteiger partial charge in [0.15, 0.2) is 5.82 Å². The molecule has 2 aliphatic heterocycles. The van der Waals surface area contributed by atoms with Crippen molar-refractivity contribution < 1.29 is 23.8 Å². The van der Waals surface area contributed by atoms with Crippen LogP contribution in [0.4, 0.5) is 10.3 Å². The lowest BCUT2D eigenvalue weighted by atomic mass is 10.1. The van der Waals surface area contributed by atoms with Crippen molar-refractivity contribution in [2.45, 2.75) is 25.2 Å². The average molecular weight is 468 g/mol. The number of β-amino-alcohol motifs (C(OH)–C–C–N with tert-alkyl or cyclic N) is 1.